The van der Waals surface area contributed by atoms with E-state index in [-0.39, 0.29) is 25.3 Å². The average molecular weight is 819 g/mol. The summed E-state index contributed by atoms with van der Waals surface area (Å²) in [5.74, 6) is -14.6. The average Bonchev–Trinajstić information content (AvgIpc) is 3.24. The molecule has 1 amide bonds. The molecule has 1 aliphatic carbocycles. The first-order chi connectivity index (χ1) is 27.9. The lowest BCUT2D eigenvalue weighted by Crippen LogP contribution is -2.64. The first kappa shape index (κ1) is 40.7. The van der Waals surface area contributed by atoms with E-state index in [1.165, 1.54) is 41.1 Å². The zero-order valence-electron chi connectivity index (χ0n) is 31.1. The van der Waals surface area contributed by atoms with Crippen molar-refractivity contribution >= 4 is 27.6 Å². The summed E-state index contributed by atoms with van der Waals surface area (Å²) in [5, 5.41) is 0. The standard InChI is InChI=1S/C44H39F5N2O6S/c45-36-37(46)39(48)41(40(49)38(36)47)58(54,55)51-25-35(43(51)56-26-29-10-4-1-5-11-29)42(52)50(24-28-16-18-32(19-17-28)31-14-8-3-9-15-31)34-22-20-33(21-23-34)44(53)57-27-30-12-6-2-7-13-30/h1-2,4-7,10-13,16-23,31,35,43H,3,8-9,14-15,24-27H2. The molecular formula is C44H39F5N2O6S. The van der Waals surface area contributed by atoms with Crippen LogP contribution in [0.5, 0.6) is 0 Å². The van der Waals surface area contributed by atoms with Crippen LogP contribution in [0.3, 0.4) is 0 Å². The molecule has 58 heavy (non-hydrogen) atoms. The summed E-state index contributed by atoms with van der Waals surface area (Å²) in [7, 11) is -5.46. The van der Waals surface area contributed by atoms with Gasteiger partial charge in [0.2, 0.25) is 11.7 Å². The van der Waals surface area contributed by atoms with Crippen LogP contribution in [0.4, 0.5) is 27.6 Å². The number of ether oxygens (including phenoxy) is 2. The Morgan fingerprint density at radius 2 is 1.21 bits per heavy atom. The van der Waals surface area contributed by atoms with E-state index in [0.717, 1.165) is 36.8 Å². The predicted molar refractivity (Wildman–Crippen MR) is 204 cm³/mol. The van der Waals surface area contributed by atoms with E-state index in [0.29, 0.717) is 21.5 Å². The largest absolute Gasteiger partial charge is 0.457 e. The molecular weight excluding hydrogens is 780 g/mol. The van der Waals surface area contributed by atoms with Gasteiger partial charge in [0, 0.05) is 12.2 Å². The van der Waals surface area contributed by atoms with Crippen LogP contribution >= 0.6 is 0 Å². The number of carbonyl (C=O) groups excluding carboxylic acids is 2. The number of rotatable bonds is 13. The number of benzene rings is 5. The summed E-state index contributed by atoms with van der Waals surface area (Å²) >= 11 is 0. The maximum atomic E-state index is 14.9. The van der Waals surface area contributed by atoms with Crippen molar-refractivity contribution in [1.82, 2.24) is 4.31 Å². The summed E-state index contributed by atoms with van der Waals surface area (Å²) in [4.78, 5) is 26.9. The third kappa shape index (κ3) is 8.54. The molecule has 302 valence electrons. The highest BCUT2D eigenvalue weighted by atomic mass is 32.2. The summed E-state index contributed by atoms with van der Waals surface area (Å²) in [6, 6.07) is 31.4. The van der Waals surface area contributed by atoms with Crippen molar-refractivity contribution in [1.29, 1.82) is 0 Å². The van der Waals surface area contributed by atoms with Gasteiger partial charge in [-0.2, -0.15) is 4.31 Å². The van der Waals surface area contributed by atoms with Gasteiger partial charge in [0.25, 0.3) is 10.0 Å². The van der Waals surface area contributed by atoms with Crippen molar-refractivity contribution in [3.63, 3.8) is 0 Å². The molecule has 0 aromatic heterocycles. The Morgan fingerprint density at radius 3 is 1.79 bits per heavy atom. The lowest BCUT2D eigenvalue weighted by molar-refractivity contribution is -0.157. The highest BCUT2D eigenvalue weighted by Crippen LogP contribution is 2.39. The van der Waals surface area contributed by atoms with Gasteiger partial charge in [-0.15, -0.1) is 0 Å². The fourth-order valence-electron chi connectivity index (χ4n) is 7.36. The normalized spacial score (nSPS) is 17.4. The van der Waals surface area contributed by atoms with Gasteiger partial charge in [-0.25, -0.2) is 35.2 Å². The van der Waals surface area contributed by atoms with Gasteiger partial charge in [0.05, 0.1) is 24.6 Å². The van der Waals surface area contributed by atoms with Crippen molar-refractivity contribution in [3.8, 4) is 0 Å². The molecule has 1 saturated heterocycles. The fourth-order valence-corrected chi connectivity index (χ4v) is 9.07. The number of sulfonamides is 1. The van der Waals surface area contributed by atoms with E-state index in [1.54, 1.807) is 30.3 Å². The first-order valence-corrected chi connectivity index (χ1v) is 20.3. The molecule has 1 heterocycles. The number of hydrogen-bond donors (Lipinski definition) is 0. The Labute approximate surface area is 332 Å². The van der Waals surface area contributed by atoms with Crippen LogP contribution in [0.2, 0.25) is 0 Å². The zero-order chi connectivity index (χ0) is 41.0. The van der Waals surface area contributed by atoms with Crippen LogP contribution in [-0.2, 0) is 44.1 Å². The lowest BCUT2D eigenvalue weighted by Gasteiger charge is -2.46. The van der Waals surface area contributed by atoms with E-state index in [2.05, 4.69) is 0 Å². The number of hydrogen-bond acceptors (Lipinski definition) is 6. The predicted octanol–water partition coefficient (Wildman–Crippen LogP) is 9.18. The maximum absolute atomic E-state index is 14.9. The third-order valence-corrected chi connectivity index (χ3v) is 12.5. The van der Waals surface area contributed by atoms with Crippen molar-refractivity contribution in [2.45, 2.75) is 68.9 Å². The van der Waals surface area contributed by atoms with Crippen molar-refractivity contribution in [3.05, 3.63) is 166 Å². The van der Waals surface area contributed by atoms with E-state index in [1.807, 2.05) is 54.6 Å². The Morgan fingerprint density at radius 1 is 0.655 bits per heavy atom. The van der Waals surface area contributed by atoms with E-state index < -0.39 is 74.6 Å². The number of amides is 1. The van der Waals surface area contributed by atoms with Gasteiger partial charge < -0.3 is 14.4 Å². The highest BCUT2D eigenvalue weighted by Gasteiger charge is 2.54. The van der Waals surface area contributed by atoms with Gasteiger partial charge >= 0.3 is 5.97 Å². The van der Waals surface area contributed by atoms with E-state index >= 15 is 0 Å². The maximum Gasteiger partial charge on any atom is 0.338 e. The number of nitrogens with zero attached hydrogens (tertiary/aromatic N) is 2. The molecule has 5 aromatic carbocycles. The molecule has 7 rings (SSSR count). The first-order valence-electron chi connectivity index (χ1n) is 18.8. The quantitative estimate of drug-likeness (QED) is 0.0510. The van der Waals surface area contributed by atoms with Gasteiger partial charge in [-0.1, -0.05) is 104 Å². The number of anilines is 1. The Bertz CT molecular complexity index is 2330. The molecule has 1 aliphatic heterocycles. The molecule has 14 heteroatoms. The molecule has 8 nitrogen and oxygen atoms in total. The zero-order valence-corrected chi connectivity index (χ0v) is 31.9. The Hall–Kier alpha value is -5.44. The molecule has 0 N–H and O–H groups in total. The molecule has 0 bridgehead atoms. The molecule has 0 radical (unpaired) electrons. The van der Waals surface area contributed by atoms with Crippen LogP contribution in [0.25, 0.3) is 0 Å². The van der Waals surface area contributed by atoms with Crippen LogP contribution in [0.1, 0.15) is 70.6 Å². The second kappa shape index (κ2) is 17.6. The molecule has 2 fully saturated rings. The molecule has 5 aromatic rings. The summed E-state index contributed by atoms with van der Waals surface area (Å²) in [5.41, 5.74) is 3.78. The Balaban J connectivity index is 1.20. The van der Waals surface area contributed by atoms with Crippen molar-refractivity contribution in [2.24, 2.45) is 5.92 Å². The van der Waals surface area contributed by atoms with Crippen molar-refractivity contribution < 1.29 is 49.4 Å². The minimum absolute atomic E-state index is 0.00607. The summed E-state index contributed by atoms with van der Waals surface area (Å²) < 4.78 is 112. The second-order valence-corrected chi connectivity index (χ2v) is 16.2. The molecule has 2 unspecified atom stereocenters. The monoisotopic (exact) mass is 818 g/mol. The summed E-state index contributed by atoms with van der Waals surface area (Å²) in [6.07, 6.45) is 3.96. The smallest absolute Gasteiger partial charge is 0.338 e. The van der Waals surface area contributed by atoms with Crippen LogP contribution < -0.4 is 4.90 Å². The molecule has 2 atom stereocenters. The van der Waals surface area contributed by atoms with E-state index in [4.69, 9.17) is 9.47 Å². The Kier molecular flexibility index (Phi) is 12.4. The number of carbonyl (C=O) groups is 2. The summed E-state index contributed by atoms with van der Waals surface area (Å²) in [6.45, 7) is -0.935. The van der Waals surface area contributed by atoms with Gasteiger partial charge in [0.1, 0.15) is 12.8 Å². The van der Waals surface area contributed by atoms with Gasteiger partial charge in [-0.3, -0.25) is 4.79 Å². The second-order valence-electron chi connectivity index (χ2n) is 14.4. The van der Waals surface area contributed by atoms with Crippen LogP contribution in [0, 0.1) is 35.0 Å². The van der Waals surface area contributed by atoms with Crippen LogP contribution in [-0.4, -0.2) is 37.4 Å². The fraction of sp³-hybridized carbons (Fsp3) is 0.273. The number of halogens is 5. The van der Waals surface area contributed by atoms with E-state index in [9.17, 15) is 40.0 Å². The minimum Gasteiger partial charge on any atom is -0.457 e. The number of esters is 1. The highest BCUT2D eigenvalue weighted by molar-refractivity contribution is 7.89. The molecule has 0 spiro atoms. The van der Waals surface area contributed by atoms with Gasteiger partial charge in [-0.05, 0) is 65.3 Å². The van der Waals surface area contributed by atoms with Crippen LogP contribution in [0.15, 0.2) is 114 Å². The molecule has 2 aliphatic rings. The van der Waals surface area contributed by atoms with Crippen molar-refractivity contribution in [2.75, 3.05) is 11.4 Å². The third-order valence-electron chi connectivity index (χ3n) is 10.6. The lowest BCUT2D eigenvalue weighted by atomic mass is 9.84. The SMILES string of the molecule is O=C(OCc1ccccc1)c1ccc(N(Cc2ccc(C3CCCCC3)cc2)C(=O)C2CN(S(=O)(=O)c3c(F)c(F)c(F)c(F)c3F)C2OCc2ccccc2)cc1. The van der Waals surface area contributed by atoms with Gasteiger partial charge in [0.15, 0.2) is 28.2 Å². The molecule has 1 saturated carbocycles. The minimum atomic E-state index is -5.46. The topological polar surface area (TPSA) is 93.2 Å².